The maximum absolute atomic E-state index is 9.92. The second kappa shape index (κ2) is 4.36. The highest BCUT2D eigenvalue weighted by Gasteiger charge is 2.43. The van der Waals surface area contributed by atoms with Gasteiger partial charge in [0.25, 0.3) is 0 Å². The lowest BCUT2D eigenvalue weighted by atomic mass is 10.0. The molecule has 3 heteroatoms. The Labute approximate surface area is 99.8 Å². The maximum Gasteiger partial charge on any atom is 0.0687 e. The lowest BCUT2D eigenvalue weighted by molar-refractivity contribution is 0.126. The van der Waals surface area contributed by atoms with Crippen LogP contribution in [0.4, 0.5) is 0 Å². The minimum Gasteiger partial charge on any atom is -0.392 e. The smallest absolute Gasteiger partial charge is 0.0687 e. The van der Waals surface area contributed by atoms with Crippen LogP contribution in [0.1, 0.15) is 19.8 Å². The summed E-state index contributed by atoms with van der Waals surface area (Å²) in [6.45, 7) is 2.15. The molecule has 0 spiro atoms. The number of hydrogen-bond acceptors (Lipinski definition) is 2. The molecule has 1 saturated carbocycles. The summed E-state index contributed by atoms with van der Waals surface area (Å²) >= 11 is 7.56. The predicted molar refractivity (Wildman–Crippen MR) is 65.5 cm³/mol. The number of aliphatic hydroxyl groups excluding tert-OH is 1. The van der Waals surface area contributed by atoms with Gasteiger partial charge in [-0.1, -0.05) is 24.6 Å². The molecule has 0 aliphatic heterocycles. The van der Waals surface area contributed by atoms with Crippen LogP contribution in [0, 0.1) is 5.41 Å². The van der Waals surface area contributed by atoms with Crippen molar-refractivity contribution in [2.24, 2.45) is 5.41 Å². The number of halogens is 1. The molecule has 15 heavy (non-hydrogen) atoms. The SMILES string of the molecule is CC1(C(O)CSc2cccc(Cl)c2)CC1. The van der Waals surface area contributed by atoms with Crippen molar-refractivity contribution in [3.8, 4) is 0 Å². The van der Waals surface area contributed by atoms with E-state index in [4.69, 9.17) is 11.6 Å². The van der Waals surface area contributed by atoms with Crippen LogP contribution in [0.2, 0.25) is 5.02 Å². The summed E-state index contributed by atoms with van der Waals surface area (Å²) in [5.41, 5.74) is 0.186. The van der Waals surface area contributed by atoms with Crippen molar-refractivity contribution in [2.45, 2.75) is 30.8 Å². The average Bonchev–Trinajstić information content (AvgIpc) is 2.94. The number of benzene rings is 1. The molecule has 0 saturated heterocycles. The zero-order valence-electron chi connectivity index (χ0n) is 8.74. The molecule has 1 atom stereocenters. The van der Waals surface area contributed by atoms with E-state index >= 15 is 0 Å². The third-order valence-corrected chi connectivity index (χ3v) is 4.35. The highest BCUT2D eigenvalue weighted by molar-refractivity contribution is 7.99. The van der Waals surface area contributed by atoms with Gasteiger partial charge in [0.05, 0.1) is 6.10 Å². The molecule has 0 heterocycles. The van der Waals surface area contributed by atoms with Crippen molar-refractivity contribution in [2.75, 3.05) is 5.75 Å². The molecule has 1 aliphatic rings. The Morgan fingerprint density at radius 3 is 2.87 bits per heavy atom. The van der Waals surface area contributed by atoms with E-state index in [-0.39, 0.29) is 11.5 Å². The van der Waals surface area contributed by atoms with Gasteiger partial charge in [-0.2, -0.15) is 0 Å². The summed E-state index contributed by atoms with van der Waals surface area (Å²) in [5.74, 6) is 0.761. The van der Waals surface area contributed by atoms with E-state index < -0.39 is 0 Å². The number of rotatable bonds is 4. The molecule has 1 fully saturated rings. The van der Waals surface area contributed by atoms with E-state index in [1.54, 1.807) is 11.8 Å². The molecule has 1 aromatic carbocycles. The molecular formula is C12H15ClOS. The molecule has 1 unspecified atom stereocenters. The average molecular weight is 243 g/mol. The van der Waals surface area contributed by atoms with Crippen LogP contribution in [0.5, 0.6) is 0 Å². The molecule has 0 amide bonds. The van der Waals surface area contributed by atoms with Gasteiger partial charge in [0.15, 0.2) is 0 Å². The molecule has 1 aliphatic carbocycles. The van der Waals surface area contributed by atoms with Crippen molar-refractivity contribution >= 4 is 23.4 Å². The van der Waals surface area contributed by atoms with Crippen LogP contribution in [0.25, 0.3) is 0 Å². The van der Waals surface area contributed by atoms with Crippen molar-refractivity contribution in [3.05, 3.63) is 29.3 Å². The molecule has 0 radical (unpaired) electrons. The van der Waals surface area contributed by atoms with E-state index in [0.29, 0.717) is 0 Å². The normalized spacial score (nSPS) is 19.9. The van der Waals surface area contributed by atoms with Gasteiger partial charge in [0, 0.05) is 15.7 Å². The Balaban J connectivity index is 1.87. The molecule has 1 aromatic rings. The highest BCUT2D eigenvalue weighted by atomic mass is 35.5. The second-order valence-corrected chi connectivity index (χ2v) is 5.97. The predicted octanol–water partition coefficient (Wildman–Crippen LogP) is 3.59. The molecule has 82 valence electrons. The monoisotopic (exact) mass is 242 g/mol. The van der Waals surface area contributed by atoms with Crippen LogP contribution >= 0.6 is 23.4 Å². The fraction of sp³-hybridized carbons (Fsp3) is 0.500. The lowest BCUT2D eigenvalue weighted by Crippen LogP contribution is -2.21. The first-order chi connectivity index (χ1) is 7.10. The van der Waals surface area contributed by atoms with Crippen molar-refractivity contribution < 1.29 is 5.11 Å². The Kier molecular flexibility index (Phi) is 3.29. The van der Waals surface area contributed by atoms with Crippen LogP contribution in [0.15, 0.2) is 29.2 Å². The molecule has 1 N–H and O–H groups in total. The Hall–Kier alpha value is -0.180. The molecule has 1 nitrogen and oxygen atoms in total. The summed E-state index contributed by atoms with van der Waals surface area (Å²) in [7, 11) is 0. The second-order valence-electron chi connectivity index (χ2n) is 4.44. The van der Waals surface area contributed by atoms with E-state index in [0.717, 1.165) is 28.5 Å². The van der Waals surface area contributed by atoms with Gasteiger partial charge in [-0.25, -0.2) is 0 Å². The summed E-state index contributed by atoms with van der Waals surface area (Å²) in [6.07, 6.45) is 2.12. The van der Waals surface area contributed by atoms with Crippen LogP contribution < -0.4 is 0 Å². The van der Waals surface area contributed by atoms with Gasteiger partial charge < -0.3 is 5.11 Å². The van der Waals surface area contributed by atoms with Gasteiger partial charge >= 0.3 is 0 Å². The Morgan fingerprint density at radius 2 is 2.27 bits per heavy atom. The topological polar surface area (TPSA) is 20.2 Å². The summed E-state index contributed by atoms with van der Waals surface area (Å²) < 4.78 is 0. The minimum absolute atomic E-state index is 0.186. The van der Waals surface area contributed by atoms with Crippen molar-refractivity contribution in [3.63, 3.8) is 0 Å². The quantitative estimate of drug-likeness (QED) is 0.815. The van der Waals surface area contributed by atoms with E-state index in [9.17, 15) is 5.11 Å². The molecular weight excluding hydrogens is 228 g/mol. The van der Waals surface area contributed by atoms with Crippen molar-refractivity contribution in [1.82, 2.24) is 0 Å². The van der Waals surface area contributed by atoms with Gasteiger partial charge in [0.2, 0.25) is 0 Å². The van der Waals surface area contributed by atoms with Crippen LogP contribution in [-0.2, 0) is 0 Å². The molecule has 0 bridgehead atoms. The third kappa shape index (κ3) is 2.90. The van der Waals surface area contributed by atoms with Gasteiger partial charge in [-0.15, -0.1) is 11.8 Å². The number of aliphatic hydroxyl groups is 1. The minimum atomic E-state index is -0.193. The largest absolute Gasteiger partial charge is 0.392 e. The first kappa shape index (κ1) is 11.3. The van der Waals surface area contributed by atoms with Crippen LogP contribution in [-0.4, -0.2) is 17.0 Å². The number of hydrogen-bond donors (Lipinski definition) is 1. The lowest BCUT2D eigenvalue weighted by Gasteiger charge is -2.16. The first-order valence-corrected chi connectivity index (χ1v) is 6.53. The van der Waals surface area contributed by atoms with Crippen LogP contribution in [0.3, 0.4) is 0 Å². The van der Waals surface area contributed by atoms with Gasteiger partial charge in [0.1, 0.15) is 0 Å². The van der Waals surface area contributed by atoms with E-state index in [1.165, 1.54) is 0 Å². The zero-order valence-corrected chi connectivity index (χ0v) is 10.3. The Bertz CT molecular complexity index is 349. The first-order valence-electron chi connectivity index (χ1n) is 5.17. The van der Waals surface area contributed by atoms with E-state index in [2.05, 4.69) is 6.92 Å². The molecule has 2 rings (SSSR count). The summed E-state index contributed by atoms with van der Waals surface area (Å²) in [6, 6.07) is 7.77. The van der Waals surface area contributed by atoms with E-state index in [1.807, 2.05) is 24.3 Å². The standard InChI is InChI=1S/C12H15ClOS/c1-12(5-6-12)11(14)8-15-10-4-2-3-9(13)7-10/h2-4,7,11,14H,5-6,8H2,1H3. The van der Waals surface area contributed by atoms with Gasteiger partial charge in [-0.3, -0.25) is 0 Å². The fourth-order valence-electron chi connectivity index (χ4n) is 1.46. The number of thioether (sulfide) groups is 1. The molecule has 0 aromatic heterocycles. The third-order valence-electron chi connectivity index (χ3n) is 3.05. The summed E-state index contributed by atoms with van der Waals surface area (Å²) in [5, 5.41) is 10.7. The Morgan fingerprint density at radius 1 is 1.53 bits per heavy atom. The fourth-order valence-corrected chi connectivity index (χ4v) is 2.86. The van der Waals surface area contributed by atoms with Gasteiger partial charge in [-0.05, 0) is 36.5 Å². The van der Waals surface area contributed by atoms with Crippen molar-refractivity contribution in [1.29, 1.82) is 0 Å². The maximum atomic E-state index is 9.92. The highest BCUT2D eigenvalue weighted by Crippen LogP contribution is 2.49. The summed E-state index contributed by atoms with van der Waals surface area (Å²) in [4.78, 5) is 1.13. The zero-order chi connectivity index (χ0) is 10.9.